The van der Waals surface area contributed by atoms with Gasteiger partial charge in [-0.2, -0.15) is 0 Å². The number of aromatic nitrogens is 3. The molecule has 0 saturated carbocycles. The van der Waals surface area contributed by atoms with E-state index < -0.39 is 0 Å². The summed E-state index contributed by atoms with van der Waals surface area (Å²) < 4.78 is 14.1. The lowest BCUT2D eigenvalue weighted by molar-refractivity contribution is -0.144. The summed E-state index contributed by atoms with van der Waals surface area (Å²) in [6, 6.07) is 10.9. The van der Waals surface area contributed by atoms with E-state index in [0.717, 1.165) is 67.8 Å². The molecule has 5 nitrogen and oxygen atoms in total. The smallest absolute Gasteiger partial charge is 0.140 e. The third-order valence-corrected chi connectivity index (χ3v) is 5.79. The predicted octanol–water partition coefficient (Wildman–Crippen LogP) is 4.00. The zero-order valence-corrected chi connectivity index (χ0v) is 14.8. The summed E-state index contributed by atoms with van der Waals surface area (Å²) in [5.41, 5.74) is 2.14. The Labute approximate surface area is 153 Å². The fraction of sp³-hybridized carbons (Fsp3) is 0.429. The molecule has 2 saturated heterocycles. The molecule has 26 heavy (non-hydrogen) atoms. The molecule has 0 N–H and O–H groups in total. The maximum Gasteiger partial charge on any atom is 0.140 e. The van der Waals surface area contributed by atoms with E-state index in [0.29, 0.717) is 6.04 Å². The Morgan fingerprint density at radius 3 is 2.88 bits per heavy atom. The Morgan fingerprint density at radius 2 is 1.96 bits per heavy atom. The molecule has 5 rings (SSSR count). The monoisotopic (exact) mass is 349 g/mol. The maximum absolute atomic E-state index is 6.22. The van der Waals surface area contributed by atoms with Crippen LogP contribution in [-0.4, -0.2) is 40.0 Å². The van der Waals surface area contributed by atoms with Crippen molar-refractivity contribution in [1.82, 2.24) is 14.5 Å². The molecule has 2 aliphatic heterocycles. The molecule has 5 heteroatoms. The van der Waals surface area contributed by atoms with Gasteiger partial charge in [0.1, 0.15) is 5.82 Å². The van der Waals surface area contributed by atoms with Crippen LogP contribution in [0, 0.1) is 0 Å². The van der Waals surface area contributed by atoms with Crippen LogP contribution >= 0.6 is 0 Å². The predicted molar refractivity (Wildman–Crippen MR) is 100.0 cm³/mol. The van der Waals surface area contributed by atoms with Crippen LogP contribution < -0.4 is 0 Å². The van der Waals surface area contributed by atoms with E-state index in [1.807, 2.05) is 18.5 Å². The first-order valence-corrected chi connectivity index (χ1v) is 9.43. The van der Waals surface area contributed by atoms with Gasteiger partial charge in [0.25, 0.3) is 0 Å². The van der Waals surface area contributed by atoms with Crippen molar-refractivity contribution in [3.8, 4) is 11.4 Å². The van der Waals surface area contributed by atoms with E-state index in [2.05, 4.69) is 45.0 Å². The quantitative estimate of drug-likeness (QED) is 0.702. The number of pyridine rings is 1. The Bertz CT molecular complexity index is 909. The van der Waals surface area contributed by atoms with Gasteiger partial charge in [-0.3, -0.25) is 4.98 Å². The minimum absolute atomic E-state index is 0.0178. The number of hydrogen-bond donors (Lipinski definition) is 0. The van der Waals surface area contributed by atoms with Gasteiger partial charge in [-0.05, 0) is 49.9 Å². The maximum atomic E-state index is 6.22. The lowest BCUT2D eigenvalue weighted by Crippen LogP contribution is -2.44. The molecule has 0 amide bonds. The minimum Gasteiger partial charge on any atom is -0.381 e. The van der Waals surface area contributed by atoms with Crippen LogP contribution in [0.4, 0.5) is 0 Å². The molecule has 0 aliphatic carbocycles. The minimum atomic E-state index is -0.0178. The average molecular weight is 349 g/mol. The van der Waals surface area contributed by atoms with Crippen LogP contribution in [0.3, 0.4) is 0 Å². The molecule has 1 atom stereocenters. The Hall–Kier alpha value is -2.24. The molecule has 1 spiro atoms. The van der Waals surface area contributed by atoms with Gasteiger partial charge in [-0.1, -0.05) is 6.07 Å². The first-order valence-electron chi connectivity index (χ1n) is 9.43. The van der Waals surface area contributed by atoms with E-state index in [1.54, 1.807) is 0 Å². The lowest BCUT2D eigenvalue weighted by atomic mass is 9.84. The molecule has 1 unspecified atom stereocenters. The van der Waals surface area contributed by atoms with Crippen molar-refractivity contribution in [2.24, 2.45) is 0 Å². The van der Waals surface area contributed by atoms with Gasteiger partial charge in [0.2, 0.25) is 0 Å². The van der Waals surface area contributed by atoms with E-state index >= 15 is 0 Å². The first kappa shape index (κ1) is 16.0. The SMILES string of the molecule is c1cnc2ccc(-c3nccn3C3CCOC4(CCOCC4)C3)cc2c1. The number of nitrogens with zero attached hydrogens (tertiary/aromatic N) is 3. The number of imidazole rings is 1. The van der Waals surface area contributed by atoms with E-state index in [-0.39, 0.29) is 5.60 Å². The molecular formula is C21H23N3O2. The zero-order valence-electron chi connectivity index (χ0n) is 14.8. The number of fused-ring (bicyclic) bond motifs is 1. The molecule has 134 valence electrons. The second-order valence-electron chi connectivity index (χ2n) is 7.36. The second-order valence-corrected chi connectivity index (χ2v) is 7.36. The number of hydrogen-bond acceptors (Lipinski definition) is 4. The molecular weight excluding hydrogens is 326 g/mol. The summed E-state index contributed by atoms with van der Waals surface area (Å²) >= 11 is 0. The van der Waals surface area contributed by atoms with E-state index in [1.165, 1.54) is 0 Å². The number of rotatable bonds is 2. The highest BCUT2D eigenvalue weighted by atomic mass is 16.5. The topological polar surface area (TPSA) is 49.2 Å². The number of benzene rings is 1. The standard InChI is InChI=1S/C21H23N3O2/c1-2-16-14-17(3-4-19(16)22-8-1)20-23-9-10-24(20)18-5-11-26-21(15-18)6-12-25-13-7-21/h1-4,8-10,14,18H,5-7,11-13,15H2. The van der Waals surface area contributed by atoms with Gasteiger partial charge in [-0.15, -0.1) is 0 Å². The molecule has 2 fully saturated rings. The summed E-state index contributed by atoms with van der Waals surface area (Å²) in [5, 5.41) is 1.15. The molecule has 3 aromatic rings. The third kappa shape index (κ3) is 2.81. The second kappa shape index (κ2) is 6.49. The van der Waals surface area contributed by atoms with Crippen molar-refractivity contribution in [3.63, 3.8) is 0 Å². The summed E-state index contributed by atoms with van der Waals surface area (Å²) in [5.74, 6) is 1.03. The van der Waals surface area contributed by atoms with Crippen molar-refractivity contribution >= 4 is 10.9 Å². The van der Waals surface area contributed by atoms with Crippen molar-refractivity contribution in [3.05, 3.63) is 48.9 Å². The van der Waals surface area contributed by atoms with Gasteiger partial charge in [0, 0.05) is 55.4 Å². The Morgan fingerprint density at radius 1 is 1.04 bits per heavy atom. The van der Waals surface area contributed by atoms with Crippen molar-refractivity contribution in [2.75, 3.05) is 19.8 Å². The Balaban J connectivity index is 1.48. The van der Waals surface area contributed by atoms with Crippen molar-refractivity contribution in [1.29, 1.82) is 0 Å². The fourth-order valence-corrected chi connectivity index (χ4v) is 4.38. The van der Waals surface area contributed by atoms with Gasteiger partial charge in [0.05, 0.1) is 11.1 Å². The van der Waals surface area contributed by atoms with Gasteiger partial charge >= 0.3 is 0 Å². The summed E-state index contributed by atoms with van der Waals surface area (Å²) in [7, 11) is 0. The average Bonchev–Trinajstić information content (AvgIpc) is 3.18. The number of ether oxygens (including phenoxy) is 2. The summed E-state index contributed by atoms with van der Waals surface area (Å²) in [6.45, 7) is 2.42. The van der Waals surface area contributed by atoms with Gasteiger partial charge in [0.15, 0.2) is 0 Å². The first-order chi connectivity index (χ1) is 12.8. The van der Waals surface area contributed by atoms with Crippen LogP contribution in [0.25, 0.3) is 22.3 Å². The van der Waals surface area contributed by atoms with E-state index in [9.17, 15) is 0 Å². The molecule has 2 aromatic heterocycles. The fourth-order valence-electron chi connectivity index (χ4n) is 4.38. The van der Waals surface area contributed by atoms with Gasteiger partial charge in [-0.25, -0.2) is 4.98 Å². The van der Waals surface area contributed by atoms with Crippen LogP contribution in [0.2, 0.25) is 0 Å². The highest BCUT2D eigenvalue weighted by molar-refractivity contribution is 5.83. The molecule has 0 bridgehead atoms. The molecule has 2 aliphatic rings. The zero-order chi connectivity index (χ0) is 17.4. The van der Waals surface area contributed by atoms with Crippen LogP contribution in [0.1, 0.15) is 31.7 Å². The van der Waals surface area contributed by atoms with Crippen LogP contribution in [-0.2, 0) is 9.47 Å². The Kier molecular flexibility index (Phi) is 3.98. The summed E-state index contributed by atoms with van der Waals surface area (Å²) in [6.07, 6.45) is 9.92. The summed E-state index contributed by atoms with van der Waals surface area (Å²) in [4.78, 5) is 9.10. The highest BCUT2D eigenvalue weighted by Crippen LogP contribution is 2.40. The molecule has 1 aromatic carbocycles. The third-order valence-electron chi connectivity index (χ3n) is 5.79. The van der Waals surface area contributed by atoms with Crippen molar-refractivity contribution < 1.29 is 9.47 Å². The largest absolute Gasteiger partial charge is 0.381 e. The van der Waals surface area contributed by atoms with Crippen LogP contribution in [0.5, 0.6) is 0 Å². The lowest BCUT2D eigenvalue weighted by Gasteiger charge is -2.43. The normalized spacial score (nSPS) is 22.7. The molecule has 0 radical (unpaired) electrons. The van der Waals surface area contributed by atoms with E-state index in [4.69, 9.17) is 9.47 Å². The molecule has 4 heterocycles. The van der Waals surface area contributed by atoms with Gasteiger partial charge < -0.3 is 14.0 Å². The van der Waals surface area contributed by atoms with Crippen LogP contribution in [0.15, 0.2) is 48.9 Å². The van der Waals surface area contributed by atoms with Crippen molar-refractivity contribution in [2.45, 2.75) is 37.3 Å². The highest BCUT2D eigenvalue weighted by Gasteiger charge is 2.40.